The van der Waals surface area contributed by atoms with Gasteiger partial charge in [0.05, 0.1) is 18.3 Å². The maximum Gasteiger partial charge on any atom is 0.323 e. The van der Waals surface area contributed by atoms with E-state index in [1.807, 2.05) is 27.7 Å². The molecule has 0 amide bonds. The first kappa shape index (κ1) is 14.7. The second-order valence-electron chi connectivity index (χ2n) is 5.39. The summed E-state index contributed by atoms with van der Waals surface area (Å²) in [7, 11) is 0. The smallest absolute Gasteiger partial charge is 0.323 e. The molecule has 1 aliphatic heterocycles. The number of nitrogens with two attached hydrogens (primary N) is 1. The number of nitrogens with one attached hydrogen (secondary N) is 1. The molecule has 2 rings (SSSR count). The number of nitrogens with zero attached hydrogens (tertiary/aromatic N) is 4. The van der Waals surface area contributed by atoms with Crippen molar-refractivity contribution in [1.29, 1.82) is 0 Å². The highest BCUT2D eigenvalue weighted by Gasteiger charge is 2.33. The zero-order chi connectivity index (χ0) is 14.8. The van der Waals surface area contributed by atoms with Crippen LogP contribution in [-0.4, -0.2) is 46.4 Å². The number of hydrazine groups is 1. The van der Waals surface area contributed by atoms with Crippen molar-refractivity contribution in [3.63, 3.8) is 0 Å². The molecule has 1 unspecified atom stereocenters. The van der Waals surface area contributed by atoms with Crippen LogP contribution in [0, 0.1) is 0 Å². The van der Waals surface area contributed by atoms with Crippen LogP contribution in [0.4, 0.5) is 11.9 Å². The van der Waals surface area contributed by atoms with Gasteiger partial charge in [0.15, 0.2) is 0 Å². The van der Waals surface area contributed by atoms with Crippen molar-refractivity contribution >= 4 is 11.9 Å². The minimum absolute atomic E-state index is 0.0975. The first-order chi connectivity index (χ1) is 9.43. The van der Waals surface area contributed by atoms with Crippen LogP contribution in [0.2, 0.25) is 0 Å². The Labute approximate surface area is 118 Å². The quantitative estimate of drug-likeness (QED) is 0.610. The zero-order valence-corrected chi connectivity index (χ0v) is 12.4. The molecular formula is C12H22N6O2. The minimum atomic E-state index is -0.258. The van der Waals surface area contributed by atoms with Crippen LogP contribution < -0.4 is 20.9 Å². The van der Waals surface area contributed by atoms with Crippen molar-refractivity contribution in [3.05, 3.63) is 0 Å². The van der Waals surface area contributed by atoms with Crippen molar-refractivity contribution in [2.45, 2.75) is 39.4 Å². The average molecular weight is 282 g/mol. The summed E-state index contributed by atoms with van der Waals surface area (Å²) in [5, 5.41) is 0. The fraction of sp³-hybridized carbons (Fsp3) is 0.750. The summed E-state index contributed by atoms with van der Waals surface area (Å²) in [6.45, 7) is 9.88. The summed E-state index contributed by atoms with van der Waals surface area (Å²) in [5.41, 5.74) is 2.18. The SMILES string of the molecule is CCOc1nc(NN)nc(N2CC(C)OC(C)(C)C2)n1. The lowest BCUT2D eigenvalue weighted by atomic mass is 10.1. The molecule has 0 bridgehead atoms. The Bertz CT molecular complexity index is 467. The van der Waals surface area contributed by atoms with Gasteiger partial charge in [-0.2, -0.15) is 15.0 Å². The third-order valence-corrected chi connectivity index (χ3v) is 2.86. The van der Waals surface area contributed by atoms with Gasteiger partial charge < -0.3 is 14.4 Å². The fourth-order valence-corrected chi connectivity index (χ4v) is 2.35. The van der Waals surface area contributed by atoms with Crippen molar-refractivity contribution in [2.75, 3.05) is 30.0 Å². The van der Waals surface area contributed by atoms with Crippen molar-refractivity contribution < 1.29 is 9.47 Å². The van der Waals surface area contributed by atoms with Gasteiger partial charge in [-0.1, -0.05) is 0 Å². The maximum absolute atomic E-state index is 5.88. The second kappa shape index (κ2) is 5.76. The highest BCUT2D eigenvalue weighted by Crippen LogP contribution is 2.25. The van der Waals surface area contributed by atoms with E-state index in [-0.39, 0.29) is 23.7 Å². The number of morpholine rings is 1. The fourth-order valence-electron chi connectivity index (χ4n) is 2.35. The third kappa shape index (κ3) is 3.45. The van der Waals surface area contributed by atoms with Gasteiger partial charge in [0, 0.05) is 13.1 Å². The second-order valence-corrected chi connectivity index (χ2v) is 5.39. The molecule has 0 radical (unpaired) electrons. The molecule has 8 heteroatoms. The molecule has 1 saturated heterocycles. The number of nitrogen functional groups attached to an aromatic ring is 1. The third-order valence-electron chi connectivity index (χ3n) is 2.86. The van der Waals surface area contributed by atoms with Crippen LogP contribution >= 0.6 is 0 Å². The first-order valence-electron chi connectivity index (χ1n) is 6.72. The molecule has 1 aliphatic rings. The molecule has 0 spiro atoms. The summed E-state index contributed by atoms with van der Waals surface area (Å²) >= 11 is 0. The van der Waals surface area contributed by atoms with Crippen LogP contribution in [0.15, 0.2) is 0 Å². The number of anilines is 2. The highest BCUT2D eigenvalue weighted by atomic mass is 16.5. The zero-order valence-electron chi connectivity index (χ0n) is 12.4. The molecule has 8 nitrogen and oxygen atoms in total. The summed E-state index contributed by atoms with van der Waals surface area (Å²) in [5.74, 6) is 6.22. The Morgan fingerprint density at radius 1 is 1.45 bits per heavy atom. The van der Waals surface area contributed by atoms with Gasteiger partial charge >= 0.3 is 6.01 Å². The predicted molar refractivity (Wildman–Crippen MR) is 75.6 cm³/mol. The molecule has 112 valence electrons. The number of hydrogen-bond donors (Lipinski definition) is 2. The first-order valence-corrected chi connectivity index (χ1v) is 6.72. The van der Waals surface area contributed by atoms with E-state index in [1.165, 1.54) is 0 Å². The highest BCUT2D eigenvalue weighted by molar-refractivity contribution is 5.38. The summed E-state index contributed by atoms with van der Waals surface area (Å²) in [6, 6.07) is 0.266. The van der Waals surface area contributed by atoms with Gasteiger partial charge in [0.25, 0.3) is 0 Å². The Morgan fingerprint density at radius 3 is 2.80 bits per heavy atom. The monoisotopic (exact) mass is 282 g/mol. The standard InChI is InChI=1S/C12H22N6O2/c1-5-19-11-15-9(17-13)14-10(16-11)18-6-8(2)20-12(3,4)7-18/h8H,5-7,13H2,1-4H3,(H,14,15,16,17). The summed E-state index contributed by atoms with van der Waals surface area (Å²) in [4.78, 5) is 14.7. The Morgan fingerprint density at radius 2 is 2.20 bits per heavy atom. The average Bonchev–Trinajstić information content (AvgIpc) is 2.36. The number of aromatic nitrogens is 3. The number of hydrogen-bond acceptors (Lipinski definition) is 8. The molecule has 1 atom stereocenters. The van der Waals surface area contributed by atoms with E-state index in [0.717, 1.165) is 0 Å². The largest absolute Gasteiger partial charge is 0.464 e. The molecule has 0 aliphatic carbocycles. The van der Waals surface area contributed by atoms with Gasteiger partial charge in [-0.15, -0.1) is 0 Å². The molecule has 1 aromatic rings. The van der Waals surface area contributed by atoms with E-state index in [1.54, 1.807) is 0 Å². The molecular weight excluding hydrogens is 260 g/mol. The van der Waals surface area contributed by atoms with Gasteiger partial charge in [-0.05, 0) is 27.7 Å². The topological polar surface area (TPSA) is 98.4 Å². The van der Waals surface area contributed by atoms with Gasteiger partial charge in [0.2, 0.25) is 11.9 Å². The van der Waals surface area contributed by atoms with Crippen LogP contribution in [0.5, 0.6) is 6.01 Å². The normalized spacial score (nSPS) is 21.6. The predicted octanol–water partition coefficient (Wildman–Crippen LogP) is 0.560. The van der Waals surface area contributed by atoms with Gasteiger partial charge in [-0.25, -0.2) is 5.84 Å². The van der Waals surface area contributed by atoms with Crippen molar-refractivity contribution in [2.24, 2.45) is 5.84 Å². The lowest BCUT2D eigenvalue weighted by molar-refractivity contribution is -0.0754. The Kier molecular flexibility index (Phi) is 4.24. The number of ether oxygens (including phenoxy) is 2. The molecule has 0 saturated carbocycles. The Hall–Kier alpha value is -1.67. The molecule has 1 fully saturated rings. The molecule has 2 heterocycles. The van der Waals surface area contributed by atoms with E-state index in [4.69, 9.17) is 15.3 Å². The van der Waals surface area contributed by atoms with Crippen LogP contribution in [0.3, 0.4) is 0 Å². The molecule has 3 N–H and O–H groups in total. The van der Waals surface area contributed by atoms with Gasteiger partial charge in [0.1, 0.15) is 0 Å². The molecule has 1 aromatic heterocycles. The van der Waals surface area contributed by atoms with Crippen molar-refractivity contribution in [1.82, 2.24) is 15.0 Å². The number of rotatable bonds is 4. The minimum Gasteiger partial charge on any atom is -0.464 e. The van der Waals surface area contributed by atoms with Gasteiger partial charge in [-0.3, -0.25) is 5.43 Å². The molecule has 0 aromatic carbocycles. The summed E-state index contributed by atoms with van der Waals surface area (Å²) < 4.78 is 11.2. The Balaban J connectivity index is 2.28. The van der Waals surface area contributed by atoms with E-state index in [9.17, 15) is 0 Å². The van der Waals surface area contributed by atoms with E-state index in [2.05, 4.69) is 25.3 Å². The van der Waals surface area contributed by atoms with Crippen LogP contribution in [-0.2, 0) is 4.74 Å². The van der Waals surface area contributed by atoms with Crippen molar-refractivity contribution in [3.8, 4) is 6.01 Å². The lowest BCUT2D eigenvalue weighted by Crippen LogP contribution is -2.52. The lowest BCUT2D eigenvalue weighted by Gasteiger charge is -2.41. The molecule has 20 heavy (non-hydrogen) atoms. The maximum atomic E-state index is 5.88. The van der Waals surface area contributed by atoms with E-state index in [0.29, 0.717) is 25.6 Å². The van der Waals surface area contributed by atoms with Crippen LogP contribution in [0.1, 0.15) is 27.7 Å². The van der Waals surface area contributed by atoms with Crippen LogP contribution in [0.25, 0.3) is 0 Å². The van der Waals surface area contributed by atoms with E-state index >= 15 is 0 Å². The summed E-state index contributed by atoms with van der Waals surface area (Å²) in [6.07, 6.45) is 0.0975. The van der Waals surface area contributed by atoms with E-state index < -0.39 is 0 Å².